The summed E-state index contributed by atoms with van der Waals surface area (Å²) in [5, 5.41) is 3.37. The maximum atomic E-state index is 13.4. The topological polar surface area (TPSA) is 55.6 Å². The van der Waals surface area contributed by atoms with Gasteiger partial charge in [-0.1, -0.05) is 19.3 Å². The van der Waals surface area contributed by atoms with E-state index >= 15 is 0 Å². The smallest absolute Gasteiger partial charge is 0.351 e. The summed E-state index contributed by atoms with van der Waals surface area (Å²) >= 11 is 0. The summed E-state index contributed by atoms with van der Waals surface area (Å²) in [5.74, 6) is 0.569. The third kappa shape index (κ3) is 5.89. The van der Waals surface area contributed by atoms with Crippen LogP contribution in [0.1, 0.15) is 45.4 Å². The molecule has 0 aliphatic heterocycles. The molecule has 2 heterocycles. The molecule has 3 aromatic rings. The van der Waals surface area contributed by atoms with Gasteiger partial charge in [0.25, 0.3) is 0 Å². The molecule has 9 heteroatoms. The first-order valence-electron chi connectivity index (χ1n) is 11.3. The minimum Gasteiger partial charge on any atom is -0.351 e. The van der Waals surface area contributed by atoms with E-state index in [0.29, 0.717) is 34.5 Å². The van der Waals surface area contributed by atoms with Gasteiger partial charge in [0.1, 0.15) is 5.82 Å². The number of rotatable bonds is 7. The first-order chi connectivity index (χ1) is 15.8. The first kappa shape index (κ1) is 23.2. The number of benzene rings is 1. The lowest BCUT2D eigenvalue weighted by Gasteiger charge is -2.28. The molecule has 5 nitrogen and oxygen atoms in total. The molecule has 0 spiro atoms. The van der Waals surface area contributed by atoms with Crippen LogP contribution in [0.2, 0.25) is 0 Å². The fraction of sp³-hybridized carbons (Fsp3) is 0.458. The Bertz CT molecular complexity index is 1060. The zero-order valence-electron chi connectivity index (χ0n) is 18.4. The fourth-order valence-corrected chi connectivity index (χ4v) is 4.40. The highest BCUT2D eigenvalue weighted by molar-refractivity contribution is 5.77. The van der Waals surface area contributed by atoms with Crippen molar-refractivity contribution < 1.29 is 17.6 Å². The van der Waals surface area contributed by atoms with Crippen LogP contribution < -0.4 is 5.32 Å². The van der Waals surface area contributed by atoms with Gasteiger partial charge < -0.3 is 9.88 Å². The number of aryl methyl sites for hydroxylation is 1. The summed E-state index contributed by atoms with van der Waals surface area (Å²) in [5.41, 5.74) is 1.95. The van der Waals surface area contributed by atoms with Crippen molar-refractivity contribution in [3.8, 4) is 22.6 Å². The summed E-state index contributed by atoms with van der Waals surface area (Å²) in [4.78, 5) is 13.3. The van der Waals surface area contributed by atoms with E-state index in [1.54, 1.807) is 24.4 Å². The number of halogens is 4. The highest BCUT2D eigenvalue weighted by Gasteiger charge is 2.28. The minimum absolute atomic E-state index is 0.187. The van der Waals surface area contributed by atoms with Crippen molar-refractivity contribution in [1.29, 1.82) is 0 Å². The molecule has 33 heavy (non-hydrogen) atoms. The Morgan fingerprint density at radius 3 is 2.48 bits per heavy atom. The third-order valence-electron chi connectivity index (χ3n) is 6.20. The van der Waals surface area contributed by atoms with Crippen LogP contribution >= 0.6 is 0 Å². The first-order valence-corrected chi connectivity index (χ1v) is 11.3. The molecule has 0 radical (unpaired) electrons. The molecule has 1 N–H and O–H groups in total. The summed E-state index contributed by atoms with van der Waals surface area (Å²) in [7, 11) is 0. The largest absolute Gasteiger partial charge is 0.390 e. The van der Waals surface area contributed by atoms with Crippen molar-refractivity contribution in [2.45, 2.75) is 64.2 Å². The van der Waals surface area contributed by atoms with E-state index < -0.39 is 18.4 Å². The molecule has 0 amide bonds. The summed E-state index contributed by atoms with van der Waals surface area (Å²) < 4.78 is 53.6. The number of anilines is 1. The highest BCUT2D eigenvalue weighted by Crippen LogP contribution is 2.33. The van der Waals surface area contributed by atoms with Gasteiger partial charge in [0.05, 0.1) is 29.8 Å². The number of nitrogens with zero attached hydrogens (tertiary/aromatic N) is 4. The molecule has 2 aromatic heterocycles. The molecule has 1 aromatic carbocycles. The summed E-state index contributed by atoms with van der Waals surface area (Å²) in [6.45, 7) is 1.82. The second kappa shape index (κ2) is 9.89. The predicted octanol–water partition coefficient (Wildman–Crippen LogP) is 6.48. The van der Waals surface area contributed by atoms with Gasteiger partial charge in [-0.05, 0) is 56.0 Å². The van der Waals surface area contributed by atoms with Crippen LogP contribution in [0.15, 0.2) is 42.9 Å². The highest BCUT2D eigenvalue weighted by atomic mass is 19.4. The quantitative estimate of drug-likeness (QED) is 0.409. The van der Waals surface area contributed by atoms with Gasteiger partial charge in [0.15, 0.2) is 0 Å². The van der Waals surface area contributed by atoms with Crippen LogP contribution in [0, 0.1) is 11.7 Å². The number of alkyl halides is 3. The monoisotopic (exact) mass is 461 g/mol. The second-order valence-electron chi connectivity index (χ2n) is 8.60. The van der Waals surface area contributed by atoms with Crippen LogP contribution in [0.5, 0.6) is 0 Å². The van der Waals surface area contributed by atoms with Gasteiger partial charge in [-0.3, -0.25) is 0 Å². The van der Waals surface area contributed by atoms with Crippen molar-refractivity contribution in [1.82, 2.24) is 19.5 Å². The van der Waals surface area contributed by atoms with Gasteiger partial charge in [-0.2, -0.15) is 13.2 Å². The number of aromatic nitrogens is 4. The molecule has 1 fully saturated rings. The molecule has 1 aliphatic rings. The molecule has 1 saturated carbocycles. The van der Waals surface area contributed by atoms with Crippen LogP contribution in [0.25, 0.3) is 22.6 Å². The van der Waals surface area contributed by atoms with Crippen molar-refractivity contribution >= 4 is 5.95 Å². The van der Waals surface area contributed by atoms with Crippen LogP contribution in [-0.2, 0) is 6.54 Å². The average molecular weight is 462 g/mol. The molecular formula is C24H27F4N5. The van der Waals surface area contributed by atoms with E-state index in [1.165, 1.54) is 42.3 Å². The van der Waals surface area contributed by atoms with E-state index in [1.807, 2.05) is 0 Å². The molecule has 0 unspecified atom stereocenters. The standard InChI is InChI=1S/C24H27F4N5/c1-16(17-5-3-2-4-6-17)31-23-29-13-11-20(32-23)22-21(18-7-9-19(25)10-8-18)30-15-33(22)14-12-24(26,27)28/h7-11,13,15-17H,2-6,12,14H2,1H3,(H,29,31,32)/t16-/m1/s1. The minimum atomic E-state index is -4.30. The van der Waals surface area contributed by atoms with Gasteiger partial charge in [-0.15, -0.1) is 0 Å². The van der Waals surface area contributed by atoms with E-state index in [2.05, 4.69) is 27.2 Å². The fourth-order valence-electron chi connectivity index (χ4n) is 4.40. The molecule has 0 saturated heterocycles. The summed E-state index contributed by atoms with van der Waals surface area (Å²) in [6.07, 6.45) is 3.70. The number of hydrogen-bond donors (Lipinski definition) is 1. The van der Waals surface area contributed by atoms with Crippen molar-refractivity contribution in [2.75, 3.05) is 5.32 Å². The number of imidazole rings is 1. The molecule has 1 aliphatic carbocycles. The van der Waals surface area contributed by atoms with Gasteiger partial charge in [-0.25, -0.2) is 19.3 Å². The van der Waals surface area contributed by atoms with Crippen molar-refractivity contribution in [2.24, 2.45) is 5.92 Å². The maximum absolute atomic E-state index is 13.4. The van der Waals surface area contributed by atoms with Gasteiger partial charge in [0, 0.05) is 24.3 Å². The van der Waals surface area contributed by atoms with Crippen molar-refractivity contribution in [3.63, 3.8) is 0 Å². The lowest BCUT2D eigenvalue weighted by molar-refractivity contribution is -0.136. The average Bonchev–Trinajstić information content (AvgIpc) is 3.22. The van der Waals surface area contributed by atoms with Crippen LogP contribution in [0.3, 0.4) is 0 Å². The van der Waals surface area contributed by atoms with Crippen LogP contribution in [0.4, 0.5) is 23.5 Å². The van der Waals surface area contributed by atoms with E-state index in [-0.39, 0.29) is 12.6 Å². The van der Waals surface area contributed by atoms with Gasteiger partial charge >= 0.3 is 6.18 Å². The lowest BCUT2D eigenvalue weighted by atomic mass is 9.85. The summed E-state index contributed by atoms with van der Waals surface area (Å²) in [6, 6.07) is 7.55. The van der Waals surface area contributed by atoms with Gasteiger partial charge in [0.2, 0.25) is 5.95 Å². The van der Waals surface area contributed by atoms with E-state index in [0.717, 1.165) is 12.8 Å². The predicted molar refractivity (Wildman–Crippen MR) is 119 cm³/mol. The Morgan fingerprint density at radius 2 is 1.79 bits per heavy atom. The van der Waals surface area contributed by atoms with E-state index in [9.17, 15) is 17.6 Å². The Morgan fingerprint density at radius 1 is 1.06 bits per heavy atom. The second-order valence-corrected chi connectivity index (χ2v) is 8.60. The zero-order valence-corrected chi connectivity index (χ0v) is 18.4. The SMILES string of the molecule is C[C@@H](Nc1nccc(-c2c(-c3ccc(F)cc3)ncn2CCC(F)(F)F)n1)C1CCCCC1. The Labute approximate surface area is 190 Å². The number of nitrogens with one attached hydrogen (secondary N) is 1. The molecule has 4 rings (SSSR count). The lowest BCUT2D eigenvalue weighted by Crippen LogP contribution is -2.28. The molecule has 1 atom stereocenters. The molecule has 0 bridgehead atoms. The molecular weight excluding hydrogens is 434 g/mol. The Kier molecular flexibility index (Phi) is 6.95. The zero-order chi connectivity index (χ0) is 23.4. The van der Waals surface area contributed by atoms with Crippen molar-refractivity contribution in [3.05, 3.63) is 48.7 Å². The normalized spacial score (nSPS) is 16.0. The van der Waals surface area contributed by atoms with Crippen LogP contribution in [-0.4, -0.2) is 31.7 Å². The number of hydrogen-bond acceptors (Lipinski definition) is 4. The molecule has 176 valence electrons. The Balaban J connectivity index is 1.66. The maximum Gasteiger partial charge on any atom is 0.390 e. The van der Waals surface area contributed by atoms with E-state index in [4.69, 9.17) is 0 Å². The Hall–Kier alpha value is -2.97. The third-order valence-corrected chi connectivity index (χ3v) is 6.20.